The lowest BCUT2D eigenvalue weighted by molar-refractivity contribution is 0.167. The zero-order chi connectivity index (χ0) is 10.6. The van der Waals surface area contributed by atoms with Crippen molar-refractivity contribution in [3.05, 3.63) is 16.5 Å². The number of nitrogens with zero attached hydrogens (tertiary/aromatic N) is 1. The number of carbonyl (C=O) groups is 1. The summed E-state index contributed by atoms with van der Waals surface area (Å²) in [5, 5.41) is 10.9. The molecule has 7 heteroatoms. The number of aromatic nitrogens is 1. The molecule has 1 amide bonds. The third-order valence-electron chi connectivity index (χ3n) is 1.14. The largest absolute Gasteiger partial charge is 0.493 e. The third-order valence-corrected chi connectivity index (χ3v) is 1.14. The van der Waals surface area contributed by atoms with E-state index < -0.39 is 23.6 Å². The van der Waals surface area contributed by atoms with Crippen molar-refractivity contribution in [3.8, 4) is 5.88 Å². The molecule has 0 saturated heterocycles. The van der Waals surface area contributed by atoms with Crippen molar-refractivity contribution >= 4 is 12.1 Å². The highest BCUT2D eigenvalue weighted by Crippen LogP contribution is 2.05. The molecule has 0 fully saturated rings. The second-order valence-corrected chi connectivity index (χ2v) is 2.19. The molecule has 0 spiro atoms. The predicted molar refractivity (Wildman–Crippen MR) is 45.1 cm³/mol. The number of nitrogens with one attached hydrogen (secondary N) is 1. The zero-order valence-electron chi connectivity index (χ0n) is 7.31. The highest BCUT2D eigenvalue weighted by molar-refractivity contribution is 5.81. The van der Waals surface area contributed by atoms with E-state index >= 15 is 0 Å². The lowest BCUT2D eigenvalue weighted by Crippen LogP contribution is -2.15. The molecule has 0 bridgehead atoms. The normalized spacial score (nSPS) is 9.50. The van der Waals surface area contributed by atoms with E-state index in [0.29, 0.717) is 0 Å². The summed E-state index contributed by atoms with van der Waals surface area (Å²) in [6.07, 6.45) is -0.811. The molecule has 1 rings (SSSR count). The first-order valence-corrected chi connectivity index (χ1v) is 3.76. The third kappa shape index (κ3) is 2.77. The van der Waals surface area contributed by atoms with Crippen LogP contribution in [0.25, 0.3) is 0 Å². The summed E-state index contributed by atoms with van der Waals surface area (Å²) < 4.78 is 8.93. The Morgan fingerprint density at radius 2 is 2.50 bits per heavy atom. The molecule has 0 unspecified atom stereocenters. The van der Waals surface area contributed by atoms with Gasteiger partial charge in [0.1, 0.15) is 0 Å². The fourth-order valence-corrected chi connectivity index (χ4v) is 0.697. The molecule has 0 atom stereocenters. The minimum Gasteiger partial charge on any atom is -0.493 e. The minimum absolute atomic E-state index is 0.175. The van der Waals surface area contributed by atoms with Crippen LogP contribution in [-0.4, -0.2) is 22.8 Å². The SMILES string of the molecule is CCOC(=O)Nc1nc(O)cc(=O)o1. The van der Waals surface area contributed by atoms with Gasteiger partial charge in [-0.05, 0) is 6.92 Å². The Kier molecular flexibility index (Phi) is 3.05. The highest BCUT2D eigenvalue weighted by atomic mass is 16.6. The van der Waals surface area contributed by atoms with Gasteiger partial charge in [0.2, 0.25) is 5.88 Å². The molecule has 76 valence electrons. The van der Waals surface area contributed by atoms with E-state index in [-0.39, 0.29) is 6.61 Å². The molecule has 0 saturated carbocycles. The van der Waals surface area contributed by atoms with E-state index in [1.165, 1.54) is 0 Å². The topological polar surface area (TPSA) is 102 Å². The van der Waals surface area contributed by atoms with Crippen molar-refractivity contribution in [2.24, 2.45) is 0 Å². The van der Waals surface area contributed by atoms with Gasteiger partial charge in [-0.15, -0.1) is 0 Å². The van der Waals surface area contributed by atoms with Crippen LogP contribution >= 0.6 is 0 Å². The molecule has 0 aliphatic heterocycles. The second-order valence-electron chi connectivity index (χ2n) is 2.19. The van der Waals surface area contributed by atoms with Crippen molar-refractivity contribution in [1.29, 1.82) is 0 Å². The number of amides is 1. The van der Waals surface area contributed by atoms with Crippen LogP contribution in [0.2, 0.25) is 0 Å². The first-order valence-electron chi connectivity index (χ1n) is 3.76. The van der Waals surface area contributed by atoms with E-state index in [1.807, 2.05) is 5.32 Å². The first-order chi connectivity index (χ1) is 6.61. The minimum atomic E-state index is -0.815. The average molecular weight is 200 g/mol. The summed E-state index contributed by atoms with van der Waals surface area (Å²) in [4.78, 5) is 24.8. The van der Waals surface area contributed by atoms with Gasteiger partial charge in [0.05, 0.1) is 12.7 Å². The molecule has 1 aromatic rings. The van der Waals surface area contributed by atoms with Gasteiger partial charge < -0.3 is 14.3 Å². The van der Waals surface area contributed by atoms with E-state index in [2.05, 4.69) is 14.1 Å². The molecule has 0 aromatic carbocycles. The second kappa shape index (κ2) is 4.26. The standard InChI is InChI=1S/C7H8N2O5/c1-2-13-7(12)9-6-8-4(10)3-5(11)14-6/h3,10H,2H2,1H3,(H,8,9,12). The van der Waals surface area contributed by atoms with Crippen LogP contribution in [0.3, 0.4) is 0 Å². The maximum atomic E-state index is 10.8. The predicted octanol–water partition coefficient (Wildman–Crippen LogP) is 0.309. The Labute approximate surface area is 78.3 Å². The summed E-state index contributed by atoms with van der Waals surface area (Å²) in [6, 6.07) is 0.365. The number of carbonyl (C=O) groups excluding carboxylic acids is 1. The number of rotatable bonds is 2. The van der Waals surface area contributed by atoms with E-state index in [0.717, 1.165) is 6.07 Å². The molecule has 0 aliphatic rings. The Morgan fingerprint density at radius 3 is 3.07 bits per heavy atom. The molecular weight excluding hydrogens is 192 g/mol. The summed E-state index contributed by atoms with van der Waals surface area (Å²) in [5.41, 5.74) is -0.815. The molecule has 7 nitrogen and oxygen atoms in total. The van der Waals surface area contributed by atoms with Crippen molar-refractivity contribution in [1.82, 2.24) is 4.98 Å². The van der Waals surface area contributed by atoms with Gasteiger partial charge in [-0.3, -0.25) is 0 Å². The lowest BCUT2D eigenvalue weighted by Gasteiger charge is -2.01. The number of hydrogen-bond donors (Lipinski definition) is 2. The van der Waals surface area contributed by atoms with Crippen molar-refractivity contribution in [3.63, 3.8) is 0 Å². The molecule has 1 aromatic heterocycles. The number of hydrogen-bond acceptors (Lipinski definition) is 6. The van der Waals surface area contributed by atoms with Crippen LogP contribution in [-0.2, 0) is 4.74 Å². The van der Waals surface area contributed by atoms with Gasteiger partial charge in [0.25, 0.3) is 0 Å². The van der Waals surface area contributed by atoms with E-state index in [9.17, 15) is 9.59 Å². The molecular formula is C7H8N2O5. The zero-order valence-corrected chi connectivity index (χ0v) is 7.31. The van der Waals surface area contributed by atoms with Crippen LogP contribution < -0.4 is 10.9 Å². The van der Waals surface area contributed by atoms with Crippen molar-refractivity contribution < 1.29 is 19.1 Å². The van der Waals surface area contributed by atoms with Crippen molar-refractivity contribution in [2.75, 3.05) is 11.9 Å². The van der Waals surface area contributed by atoms with Crippen LogP contribution in [0.1, 0.15) is 6.92 Å². The lowest BCUT2D eigenvalue weighted by atomic mass is 10.6. The maximum absolute atomic E-state index is 10.8. The average Bonchev–Trinajstić information content (AvgIpc) is 2.01. The summed E-state index contributed by atoms with van der Waals surface area (Å²) in [7, 11) is 0. The quantitative estimate of drug-likeness (QED) is 0.712. The smallest absolute Gasteiger partial charge is 0.415 e. The van der Waals surface area contributed by atoms with Crippen LogP contribution in [0.5, 0.6) is 5.88 Å². The van der Waals surface area contributed by atoms with Crippen LogP contribution in [0.4, 0.5) is 10.8 Å². The van der Waals surface area contributed by atoms with Crippen LogP contribution in [0.15, 0.2) is 15.3 Å². The Hall–Kier alpha value is -2.05. The molecule has 14 heavy (non-hydrogen) atoms. The number of ether oxygens (including phenoxy) is 1. The van der Waals surface area contributed by atoms with Crippen LogP contribution in [0, 0.1) is 0 Å². The highest BCUT2D eigenvalue weighted by Gasteiger charge is 2.07. The van der Waals surface area contributed by atoms with Gasteiger partial charge in [-0.25, -0.2) is 14.9 Å². The summed E-state index contributed by atoms with van der Waals surface area (Å²) in [6.45, 7) is 1.79. The fourth-order valence-electron chi connectivity index (χ4n) is 0.697. The van der Waals surface area contributed by atoms with Gasteiger partial charge >= 0.3 is 17.7 Å². The van der Waals surface area contributed by atoms with Gasteiger partial charge in [0, 0.05) is 0 Å². The van der Waals surface area contributed by atoms with E-state index in [4.69, 9.17) is 5.11 Å². The molecule has 0 radical (unpaired) electrons. The van der Waals surface area contributed by atoms with Gasteiger partial charge in [-0.2, -0.15) is 4.98 Å². The Morgan fingerprint density at radius 1 is 1.79 bits per heavy atom. The van der Waals surface area contributed by atoms with Gasteiger partial charge in [0.15, 0.2) is 0 Å². The van der Waals surface area contributed by atoms with Gasteiger partial charge in [-0.1, -0.05) is 0 Å². The monoisotopic (exact) mass is 200 g/mol. The summed E-state index contributed by atoms with van der Waals surface area (Å²) in [5.74, 6) is -0.534. The van der Waals surface area contributed by atoms with E-state index in [1.54, 1.807) is 6.92 Å². The number of anilines is 1. The first kappa shape index (κ1) is 10.0. The fraction of sp³-hybridized carbons (Fsp3) is 0.286. The Balaban J connectivity index is 2.76. The molecule has 0 aliphatic carbocycles. The Bertz CT molecular complexity index is 386. The maximum Gasteiger partial charge on any atom is 0.415 e. The number of aromatic hydroxyl groups is 1. The van der Waals surface area contributed by atoms with Crippen molar-refractivity contribution in [2.45, 2.75) is 6.92 Å². The molecule has 2 N–H and O–H groups in total. The molecule has 1 heterocycles. The summed E-state index contributed by atoms with van der Waals surface area (Å²) >= 11 is 0.